The van der Waals surface area contributed by atoms with Crippen molar-refractivity contribution in [3.05, 3.63) is 53.4 Å². The zero-order chi connectivity index (χ0) is 18.6. The number of ether oxygens (including phenoxy) is 1. The molecule has 3 aromatic heterocycles. The SMILES string of the molecule is CCOC(=O)CN(Sc1cccs1)c1cccc2cc(-c3nccs3)[nH]c12. The Kier molecular flexibility index (Phi) is 5.47. The third-order valence-electron chi connectivity index (χ3n) is 3.84. The number of para-hydroxylation sites is 1. The number of carbonyl (C=O) groups excluding carboxylic acids is 1. The zero-order valence-electron chi connectivity index (χ0n) is 14.5. The zero-order valence-corrected chi connectivity index (χ0v) is 17.0. The highest BCUT2D eigenvalue weighted by Crippen LogP contribution is 2.37. The van der Waals surface area contributed by atoms with E-state index in [2.05, 4.69) is 22.1 Å². The Morgan fingerprint density at radius 2 is 2.19 bits per heavy atom. The van der Waals surface area contributed by atoms with Gasteiger partial charge in [-0.2, -0.15) is 0 Å². The van der Waals surface area contributed by atoms with Crippen LogP contribution in [-0.4, -0.2) is 29.1 Å². The highest BCUT2D eigenvalue weighted by Gasteiger charge is 2.19. The Bertz CT molecular complexity index is 1030. The lowest BCUT2D eigenvalue weighted by Gasteiger charge is -2.22. The molecule has 0 spiro atoms. The number of nitrogens with zero attached hydrogens (tertiary/aromatic N) is 2. The molecule has 5 nitrogen and oxygen atoms in total. The first-order valence-corrected chi connectivity index (χ1v) is 10.9. The molecule has 0 atom stereocenters. The van der Waals surface area contributed by atoms with E-state index in [-0.39, 0.29) is 12.5 Å². The summed E-state index contributed by atoms with van der Waals surface area (Å²) in [7, 11) is 0. The van der Waals surface area contributed by atoms with Crippen molar-refractivity contribution >= 4 is 57.2 Å². The lowest BCUT2D eigenvalue weighted by Crippen LogP contribution is -2.25. The van der Waals surface area contributed by atoms with E-state index >= 15 is 0 Å². The Morgan fingerprint density at radius 1 is 1.26 bits per heavy atom. The number of hydrogen-bond donors (Lipinski definition) is 1. The van der Waals surface area contributed by atoms with Crippen molar-refractivity contribution in [2.24, 2.45) is 0 Å². The van der Waals surface area contributed by atoms with Gasteiger partial charge in [-0.3, -0.25) is 9.10 Å². The largest absolute Gasteiger partial charge is 0.465 e. The number of aromatic nitrogens is 2. The molecule has 0 unspecified atom stereocenters. The van der Waals surface area contributed by atoms with Crippen LogP contribution in [0.5, 0.6) is 0 Å². The maximum atomic E-state index is 12.2. The number of benzene rings is 1. The van der Waals surface area contributed by atoms with Crippen molar-refractivity contribution < 1.29 is 9.53 Å². The van der Waals surface area contributed by atoms with Crippen molar-refractivity contribution in [2.45, 2.75) is 11.1 Å². The maximum absolute atomic E-state index is 12.2. The molecule has 0 bridgehead atoms. The van der Waals surface area contributed by atoms with Crippen LogP contribution in [0.4, 0.5) is 5.69 Å². The van der Waals surface area contributed by atoms with Crippen LogP contribution in [0.15, 0.2) is 57.6 Å². The second kappa shape index (κ2) is 8.16. The molecule has 27 heavy (non-hydrogen) atoms. The van der Waals surface area contributed by atoms with Crippen LogP contribution in [0.2, 0.25) is 0 Å². The fourth-order valence-corrected chi connectivity index (χ4v) is 5.18. The first-order chi connectivity index (χ1) is 13.2. The lowest BCUT2D eigenvalue weighted by molar-refractivity contribution is -0.141. The summed E-state index contributed by atoms with van der Waals surface area (Å²) in [5.41, 5.74) is 2.91. The average molecular weight is 416 g/mol. The summed E-state index contributed by atoms with van der Waals surface area (Å²) in [4.78, 5) is 20.1. The van der Waals surface area contributed by atoms with E-state index in [0.29, 0.717) is 6.61 Å². The fraction of sp³-hybridized carbons (Fsp3) is 0.158. The van der Waals surface area contributed by atoms with Gasteiger partial charge in [0.15, 0.2) is 0 Å². The Morgan fingerprint density at radius 3 is 2.93 bits per heavy atom. The van der Waals surface area contributed by atoms with E-state index in [9.17, 15) is 4.79 Å². The van der Waals surface area contributed by atoms with Crippen LogP contribution >= 0.6 is 34.6 Å². The minimum atomic E-state index is -0.245. The third-order valence-corrected chi connectivity index (χ3v) is 6.68. The quantitative estimate of drug-likeness (QED) is 0.322. The molecule has 8 heteroatoms. The molecule has 1 aromatic carbocycles. The average Bonchev–Trinajstić information content (AvgIpc) is 3.41. The number of H-pyrrole nitrogens is 1. The van der Waals surface area contributed by atoms with Crippen molar-refractivity contribution in [3.63, 3.8) is 0 Å². The van der Waals surface area contributed by atoms with Crippen molar-refractivity contribution in [1.29, 1.82) is 0 Å². The summed E-state index contributed by atoms with van der Waals surface area (Å²) < 4.78 is 8.27. The van der Waals surface area contributed by atoms with Gasteiger partial charge in [-0.05, 0) is 42.5 Å². The molecular formula is C19H17N3O2S3. The molecule has 4 rings (SSSR count). The number of nitrogens with one attached hydrogen (secondary N) is 1. The summed E-state index contributed by atoms with van der Waals surface area (Å²) in [6, 6.07) is 12.2. The van der Waals surface area contributed by atoms with Crippen molar-refractivity contribution in [3.8, 4) is 10.7 Å². The van der Waals surface area contributed by atoms with E-state index in [1.54, 1.807) is 40.8 Å². The number of thiophene rings is 1. The van der Waals surface area contributed by atoms with Gasteiger partial charge in [0.2, 0.25) is 0 Å². The van der Waals surface area contributed by atoms with E-state index in [1.165, 1.54) is 0 Å². The molecule has 0 aliphatic heterocycles. The number of aromatic amines is 1. The molecule has 3 heterocycles. The second-order valence-electron chi connectivity index (χ2n) is 5.63. The second-order valence-corrected chi connectivity index (χ2v) is 8.79. The topological polar surface area (TPSA) is 58.2 Å². The number of esters is 1. The van der Waals surface area contributed by atoms with Gasteiger partial charge in [0.25, 0.3) is 0 Å². The molecule has 0 fully saturated rings. The number of rotatable bonds is 7. The molecule has 1 N–H and O–H groups in total. The van der Waals surface area contributed by atoms with Gasteiger partial charge in [-0.25, -0.2) is 4.98 Å². The number of fused-ring (bicyclic) bond motifs is 1. The number of carbonyl (C=O) groups is 1. The molecule has 0 radical (unpaired) electrons. The highest BCUT2D eigenvalue weighted by molar-refractivity contribution is 8.02. The number of anilines is 1. The minimum Gasteiger partial charge on any atom is -0.465 e. The summed E-state index contributed by atoms with van der Waals surface area (Å²) in [5.74, 6) is -0.245. The van der Waals surface area contributed by atoms with Gasteiger partial charge in [-0.15, -0.1) is 22.7 Å². The van der Waals surface area contributed by atoms with Gasteiger partial charge in [0, 0.05) is 17.0 Å². The molecule has 138 valence electrons. The molecule has 0 amide bonds. The Hall–Kier alpha value is -2.29. The van der Waals surface area contributed by atoms with E-state index in [1.807, 2.05) is 46.3 Å². The van der Waals surface area contributed by atoms with Crippen LogP contribution in [0.1, 0.15) is 6.92 Å². The third kappa shape index (κ3) is 4.02. The fourth-order valence-electron chi connectivity index (χ4n) is 2.73. The predicted molar refractivity (Wildman–Crippen MR) is 114 cm³/mol. The van der Waals surface area contributed by atoms with Crippen molar-refractivity contribution in [2.75, 3.05) is 17.5 Å². The van der Waals surface area contributed by atoms with E-state index in [0.717, 1.165) is 31.5 Å². The molecule has 4 aromatic rings. The summed E-state index contributed by atoms with van der Waals surface area (Å²) in [5, 5.41) is 6.01. The smallest absolute Gasteiger partial charge is 0.326 e. The first kappa shape index (κ1) is 18.1. The monoisotopic (exact) mass is 415 g/mol. The van der Waals surface area contributed by atoms with Crippen LogP contribution in [0.25, 0.3) is 21.6 Å². The molecule has 0 aliphatic rings. The summed E-state index contributed by atoms with van der Waals surface area (Å²) >= 11 is 4.78. The normalized spacial score (nSPS) is 11.0. The van der Waals surface area contributed by atoms with Gasteiger partial charge >= 0.3 is 5.97 Å². The molecule has 0 saturated carbocycles. The van der Waals surface area contributed by atoms with Crippen molar-refractivity contribution in [1.82, 2.24) is 9.97 Å². The summed E-state index contributed by atoms with van der Waals surface area (Å²) in [6.07, 6.45) is 1.80. The van der Waals surface area contributed by atoms with Gasteiger partial charge in [-0.1, -0.05) is 18.2 Å². The van der Waals surface area contributed by atoms with Gasteiger partial charge in [0.1, 0.15) is 11.6 Å². The number of thiazole rings is 1. The lowest BCUT2D eigenvalue weighted by atomic mass is 10.2. The van der Waals surface area contributed by atoms with Gasteiger partial charge < -0.3 is 9.72 Å². The number of hydrogen-bond acceptors (Lipinski definition) is 7. The Balaban J connectivity index is 1.73. The Labute approximate surface area is 169 Å². The molecular weight excluding hydrogens is 398 g/mol. The maximum Gasteiger partial charge on any atom is 0.326 e. The summed E-state index contributed by atoms with van der Waals surface area (Å²) in [6.45, 7) is 2.36. The first-order valence-electron chi connectivity index (χ1n) is 8.41. The highest BCUT2D eigenvalue weighted by atomic mass is 32.2. The standard InChI is InChI=1S/C19H17N3O2S3/c1-2-24-16(23)12-22(27-17-7-4-9-25-17)15-6-3-5-13-11-14(21-18(13)15)19-20-8-10-26-19/h3-11,21H,2,12H2,1H3. The minimum absolute atomic E-state index is 0.168. The van der Waals surface area contributed by atoms with E-state index in [4.69, 9.17) is 4.74 Å². The molecule has 0 aliphatic carbocycles. The van der Waals surface area contributed by atoms with Gasteiger partial charge in [0.05, 0.1) is 27.7 Å². The van der Waals surface area contributed by atoms with Crippen LogP contribution in [-0.2, 0) is 9.53 Å². The van der Waals surface area contributed by atoms with Crippen LogP contribution in [0.3, 0.4) is 0 Å². The van der Waals surface area contributed by atoms with E-state index < -0.39 is 0 Å². The predicted octanol–water partition coefficient (Wildman–Crippen LogP) is 5.43. The van der Waals surface area contributed by atoms with Crippen LogP contribution in [0, 0.1) is 0 Å². The van der Waals surface area contributed by atoms with Crippen LogP contribution < -0.4 is 4.31 Å². The molecule has 0 saturated heterocycles.